The van der Waals surface area contributed by atoms with Crippen LogP contribution in [0, 0.1) is 11.3 Å². The largest absolute Gasteiger partial charge is 0.481 e. The van der Waals surface area contributed by atoms with Crippen LogP contribution in [0.2, 0.25) is 0 Å². The maximum atomic E-state index is 12.0. The number of carboxylic acid groups (broad SMARTS) is 2. The summed E-state index contributed by atoms with van der Waals surface area (Å²) in [6.07, 6.45) is 1.97. The van der Waals surface area contributed by atoms with Crippen LogP contribution in [0.4, 0.5) is 0 Å². The minimum Gasteiger partial charge on any atom is -0.481 e. The maximum Gasteiger partial charge on any atom is 0.326 e. The highest BCUT2D eigenvalue weighted by Gasteiger charge is 2.40. The second kappa shape index (κ2) is 5.37. The molecule has 2 unspecified atom stereocenters. The van der Waals surface area contributed by atoms with Crippen LogP contribution in [0.5, 0.6) is 0 Å². The SMILES string of the molecule is CC1(C)CCCC1C(=O)NC(CC(=O)O)C(=O)O. The summed E-state index contributed by atoms with van der Waals surface area (Å²) in [7, 11) is 0. The molecule has 0 heterocycles. The molecule has 0 radical (unpaired) electrons. The number of nitrogens with one attached hydrogen (secondary N) is 1. The third-order valence-corrected chi connectivity index (χ3v) is 3.57. The van der Waals surface area contributed by atoms with Crippen molar-refractivity contribution >= 4 is 17.8 Å². The maximum absolute atomic E-state index is 12.0. The molecular formula is C12H19NO5. The van der Waals surface area contributed by atoms with Gasteiger partial charge < -0.3 is 15.5 Å². The molecule has 102 valence electrons. The molecule has 0 bridgehead atoms. The molecule has 3 N–H and O–H groups in total. The number of amides is 1. The number of carboxylic acids is 2. The van der Waals surface area contributed by atoms with Crippen LogP contribution in [0.1, 0.15) is 39.5 Å². The van der Waals surface area contributed by atoms with Crippen molar-refractivity contribution in [1.29, 1.82) is 0 Å². The quantitative estimate of drug-likeness (QED) is 0.677. The molecule has 1 amide bonds. The first-order valence-electron chi connectivity index (χ1n) is 5.99. The number of carbonyl (C=O) groups excluding carboxylic acids is 1. The fourth-order valence-electron chi connectivity index (χ4n) is 2.46. The smallest absolute Gasteiger partial charge is 0.326 e. The molecule has 1 saturated carbocycles. The Balaban J connectivity index is 2.67. The topological polar surface area (TPSA) is 104 Å². The molecule has 1 rings (SSSR count). The monoisotopic (exact) mass is 257 g/mol. The molecule has 1 aliphatic rings. The van der Waals surface area contributed by atoms with Crippen molar-refractivity contribution in [1.82, 2.24) is 5.32 Å². The summed E-state index contributed by atoms with van der Waals surface area (Å²) >= 11 is 0. The van der Waals surface area contributed by atoms with Gasteiger partial charge in [0.15, 0.2) is 0 Å². The van der Waals surface area contributed by atoms with E-state index < -0.39 is 24.4 Å². The average molecular weight is 257 g/mol. The van der Waals surface area contributed by atoms with Gasteiger partial charge in [0.1, 0.15) is 6.04 Å². The lowest BCUT2D eigenvalue weighted by molar-refractivity contribution is -0.148. The van der Waals surface area contributed by atoms with E-state index in [4.69, 9.17) is 10.2 Å². The lowest BCUT2D eigenvalue weighted by Crippen LogP contribution is -2.46. The molecule has 1 aliphatic carbocycles. The summed E-state index contributed by atoms with van der Waals surface area (Å²) in [5.41, 5.74) is -0.156. The highest BCUT2D eigenvalue weighted by molar-refractivity contribution is 5.88. The van der Waals surface area contributed by atoms with Crippen LogP contribution in [0.15, 0.2) is 0 Å². The standard InChI is InChI=1S/C12H19NO5/c1-12(2)5-3-4-7(12)10(16)13-8(11(17)18)6-9(14)15/h7-8H,3-6H2,1-2H3,(H,13,16)(H,14,15)(H,17,18). The summed E-state index contributed by atoms with van der Waals surface area (Å²) in [6, 6.07) is -1.36. The predicted molar refractivity (Wildman–Crippen MR) is 62.9 cm³/mol. The Morgan fingerprint density at radius 3 is 2.33 bits per heavy atom. The van der Waals surface area contributed by atoms with Crippen molar-refractivity contribution in [2.75, 3.05) is 0 Å². The summed E-state index contributed by atoms with van der Waals surface area (Å²) in [4.78, 5) is 33.4. The number of rotatable bonds is 5. The van der Waals surface area contributed by atoms with Gasteiger partial charge >= 0.3 is 11.9 Å². The number of carbonyl (C=O) groups is 3. The van der Waals surface area contributed by atoms with Crippen molar-refractivity contribution in [3.8, 4) is 0 Å². The molecular weight excluding hydrogens is 238 g/mol. The van der Waals surface area contributed by atoms with Crippen molar-refractivity contribution in [2.45, 2.75) is 45.6 Å². The molecule has 6 heteroatoms. The zero-order valence-electron chi connectivity index (χ0n) is 10.6. The molecule has 6 nitrogen and oxygen atoms in total. The fraction of sp³-hybridized carbons (Fsp3) is 0.750. The lowest BCUT2D eigenvalue weighted by Gasteiger charge is -2.27. The molecule has 0 aliphatic heterocycles. The Morgan fingerprint density at radius 2 is 1.94 bits per heavy atom. The fourth-order valence-corrected chi connectivity index (χ4v) is 2.46. The Bertz CT molecular complexity index is 363. The first-order chi connectivity index (χ1) is 8.24. The summed E-state index contributed by atoms with van der Waals surface area (Å²) in [6.45, 7) is 3.94. The first-order valence-corrected chi connectivity index (χ1v) is 5.99. The van der Waals surface area contributed by atoms with E-state index in [0.29, 0.717) is 0 Å². The predicted octanol–water partition coefficient (Wildman–Crippen LogP) is 0.857. The van der Waals surface area contributed by atoms with E-state index in [1.165, 1.54) is 0 Å². The zero-order chi connectivity index (χ0) is 13.9. The molecule has 0 aromatic rings. The van der Waals surface area contributed by atoms with E-state index in [1.54, 1.807) is 0 Å². The van der Waals surface area contributed by atoms with Gasteiger partial charge in [-0.2, -0.15) is 0 Å². The number of hydrogen-bond acceptors (Lipinski definition) is 3. The minimum atomic E-state index is -1.36. The van der Waals surface area contributed by atoms with E-state index in [0.717, 1.165) is 19.3 Å². The van der Waals surface area contributed by atoms with Crippen LogP contribution in [-0.2, 0) is 14.4 Å². The highest BCUT2D eigenvalue weighted by atomic mass is 16.4. The van der Waals surface area contributed by atoms with Crippen molar-refractivity contribution in [3.05, 3.63) is 0 Å². The zero-order valence-corrected chi connectivity index (χ0v) is 10.6. The Hall–Kier alpha value is -1.59. The van der Waals surface area contributed by atoms with Gasteiger partial charge in [0, 0.05) is 5.92 Å². The van der Waals surface area contributed by atoms with Crippen LogP contribution >= 0.6 is 0 Å². The van der Waals surface area contributed by atoms with Crippen LogP contribution in [-0.4, -0.2) is 34.1 Å². The Morgan fingerprint density at radius 1 is 1.33 bits per heavy atom. The number of aliphatic carboxylic acids is 2. The second-order valence-electron chi connectivity index (χ2n) is 5.43. The molecule has 18 heavy (non-hydrogen) atoms. The lowest BCUT2D eigenvalue weighted by atomic mass is 9.81. The normalized spacial score (nSPS) is 23.3. The highest BCUT2D eigenvalue weighted by Crippen LogP contribution is 2.42. The van der Waals surface area contributed by atoms with Gasteiger partial charge in [-0.05, 0) is 18.3 Å². The molecule has 1 fully saturated rings. The first kappa shape index (κ1) is 14.5. The van der Waals surface area contributed by atoms with E-state index in [-0.39, 0.29) is 17.2 Å². The van der Waals surface area contributed by atoms with Gasteiger partial charge in [-0.15, -0.1) is 0 Å². The van der Waals surface area contributed by atoms with Gasteiger partial charge in [0.25, 0.3) is 0 Å². The van der Waals surface area contributed by atoms with Gasteiger partial charge in [-0.1, -0.05) is 20.3 Å². The van der Waals surface area contributed by atoms with E-state index in [2.05, 4.69) is 5.32 Å². The Labute approximate surface area is 105 Å². The van der Waals surface area contributed by atoms with E-state index >= 15 is 0 Å². The third-order valence-electron chi connectivity index (χ3n) is 3.57. The van der Waals surface area contributed by atoms with Crippen LogP contribution < -0.4 is 5.32 Å². The molecule has 0 spiro atoms. The van der Waals surface area contributed by atoms with Crippen LogP contribution in [0.25, 0.3) is 0 Å². The van der Waals surface area contributed by atoms with Crippen molar-refractivity contribution in [2.24, 2.45) is 11.3 Å². The minimum absolute atomic E-state index is 0.156. The average Bonchev–Trinajstić information content (AvgIpc) is 2.56. The second-order valence-corrected chi connectivity index (χ2v) is 5.43. The third kappa shape index (κ3) is 3.45. The Kier molecular flexibility index (Phi) is 4.32. The van der Waals surface area contributed by atoms with Gasteiger partial charge in [-0.3, -0.25) is 9.59 Å². The molecule has 0 aromatic carbocycles. The number of hydrogen-bond donors (Lipinski definition) is 3. The summed E-state index contributed by atoms with van der Waals surface area (Å²) in [5, 5.41) is 19.8. The summed E-state index contributed by atoms with van der Waals surface area (Å²) < 4.78 is 0. The van der Waals surface area contributed by atoms with Gasteiger partial charge in [0.2, 0.25) is 5.91 Å². The molecule has 0 aromatic heterocycles. The molecule has 0 saturated heterocycles. The van der Waals surface area contributed by atoms with Gasteiger partial charge in [-0.25, -0.2) is 4.79 Å². The van der Waals surface area contributed by atoms with E-state index in [9.17, 15) is 14.4 Å². The van der Waals surface area contributed by atoms with Gasteiger partial charge in [0.05, 0.1) is 6.42 Å². The van der Waals surface area contributed by atoms with Crippen molar-refractivity contribution in [3.63, 3.8) is 0 Å². The van der Waals surface area contributed by atoms with Crippen molar-refractivity contribution < 1.29 is 24.6 Å². The molecule has 2 atom stereocenters. The summed E-state index contributed by atoms with van der Waals surface area (Å²) in [5.74, 6) is -3.16. The van der Waals surface area contributed by atoms with E-state index in [1.807, 2.05) is 13.8 Å². The van der Waals surface area contributed by atoms with Crippen LogP contribution in [0.3, 0.4) is 0 Å².